The third-order valence-electron chi connectivity index (χ3n) is 4.80. The molecule has 1 N–H and O–H groups in total. The molecule has 1 aliphatic rings. The van der Waals surface area contributed by atoms with E-state index in [1.165, 1.54) is 0 Å². The van der Waals surface area contributed by atoms with Gasteiger partial charge in [-0.15, -0.1) is 11.3 Å². The number of nitrogens with one attached hydrogen (secondary N) is 1. The number of nitrogens with zero attached hydrogens (tertiary/aromatic N) is 1. The fourth-order valence-corrected chi connectivity index (χ4v) is 4.08. The van der Waals surface area contributed by atoms with Gasteiger partial charge in [0.05, 0.1) is 23.7 Å². The highest BCUT2D eigenvalue weighted by atomic mass is 32.1. The van der Waals surface area contributed by atoms with Crippen molar-refractivity contribution in [3.8, 4) is 22.8 Å². The Morgan fingerprint density at radius 2 is 2.14 bits per heavy atom. The first-order valence-electron chi connectivity index (χ1n) is 9.30. The maximum atomic E-state index is 12.5. The summed E-state index contributed by atoms with van der Waals surface area (Å²) in [6.07, 6.45) is 1.38. The summed E-state index contributed by atoms with van der Waals surface area (Å²) in [7, 11) is 1.64. The van der Waals surface area contributed by atoms with Crippen LogP contribution in [0.15, 0.2) is 53.9 Å². The molecule has 1 atom stereocenters. The highest BCUT2D eigenvalue weighted by Crippen LogP contribution is 2.30. The van der Waals surface area contributed by atoms with Crippen molar-refractivity contribution in [2.24, 2.45) is 5.92 Å². The van der Waals surface area contributed by atoms with Crippen LogP contribution in [0.4, 0.5) is 0 Å². The first kappa shape index (κ1) is 18.5. The standard InChI is InChI=1S/C22H22N2O3S/c1-26-18-7-8-20-16(12-18)11-17(13-27-20)22(25)23-10-9-21-24-19(14-28-21)15-5-3-2-4-6-15/h2-8,12,14,17H,9-11,13H2,1H3,(H,23,25). The van der Waals surface area contributed by atoms with Gasteiger partial charge >= 0.3 is 0 Å². The molecular weight excluding hydrogens is 372 g/mol. The Morgan fingerprint density at radius 3 is 2.96 bits per heavy atom. The van der Waals surface area contributed by atoms with Crippen molar-refractivity contribution in [2.75, 3.05) is 20.3 Å². The van der Waals surface area contributed by atoms with Crippen LogP contribution in [-0.2, 0) is 17.6 Å². The number of amides is 1. The molecule has 3 aromatic rings. The highest BCUT2D eigenvalue weighted by Gasteiger charge is 2.26. The second-order valence-electron chi connectivity index (χ2n) is 6.72. The Morgan fingerprint density at radius 1 is 1.29 bits per heavy atom. The molecule has 1 unspecified atom stereocenters. The van der Waals surface area contributed by atoms with E-state index in [0.717, 1.165) is 39.7 Å². The van der Waals surface area contributed by atoms with Crippen LogP contribution in [0.2, 0.25) is 0 Å². The van der Waals surface area contributed by atoms with Crippen molar-refractivity contribution in [1.29, 1.82) is 0 Å². The second-order valence-corrected chi connectivity index (χ2v) is 7.66. The van der Waals surface area contributed by atoms with Crippen molar-refractivity contribution in [3.63, 3.8) is 0 Å². The van der Waals surface area contributed by atoms with Crippen molar-refractivity contribution in [1.82, 2.24) is 10.3 Å². The van der Waals surface area contributed by atoms with Gasteiger partial charge in [0.1, 0.15) is 18.1 Å². The summed E-state index contributed by atoms with van der Waals surface area (Å²) in [6.45, 7) is 0.975. The van der Waals surface area contributed by atoms with Crippen molar-refractivity contribution >= 4 is 17.2 Å². The van der Waals surface area contributed by atoms with Crippen LogP contribution in [0.1, 0.15) is 10.6 Å². The van der Waals surface area contributed by atoms with Crippen LogP contribution in [0.3, 0.4) is 0 Å². The van der Waals surface area contributed by atoms with E-state index in [-0.39, 0.29) is 11.8 Å². The van der Waals surface area contributed by atoms with Gasteiger partial charge in [0, 0.05) is 23.9 Å². The van der Waals surface area contributed by atoms with Gasteiger partial charge in [-0.2, -0.15) is 0 Å². The average Bonchev–Trinajstić information content (AvgIpc) is 3.22. The summed E-state index contributed by atoms with van der Waals surface area (Å²) in [5.74, 6) is 1.45. The maximum absolute atomic E-state index is 12.5. The number of aromatic nitrogens is 1. The molecule has 1 aliphatic heterocycles. The minimum atomic E-state index is -0.184. The number of carbonyl (C=O) groups is 1. The lowest BCUT2D eigenvalue weighted by Gasteiger charge is -2.25. The number of thiazole rings is 1. The Balaban J connectivity index is 1.30. The summed E-state index contributed by atoms with van der Waals surface area (Å²) in [4.78, 5) is 17.2. The number of carbonyl (C=O) groups excluding carboxylic acids is 1. The molecule has 1 aromatic heterocycles. The molecule has 0 spiro atoms. The van der Waals surface area contributed by atoms with Crippen molar-refractivity contribution in [3.05, 3.63) is 64.5 Å². The number of fused-ring (bicyclic) bond motifs is 1. The van der Waals surface area contributed by atoms with Crippen molar-refractivity contribution in [2.45, 2.75) is 12.8 Å². The van der Waals surface area contributed by atoms with Gasteiger partial charge in [-0.1, -0.05) is 30.3 Å². The fourth-order valence-electron chi connectivity index (χ4n) is 3.27. The number of benzene rings is 2. The Labute approximate surface area is 168 Å². The fraction of sp³-hybridized carbons (Fsp3) is 0.273. The van der Waals surface area contributed by atoms with E-state index in [1.807, 2.05) is 36.4 Å². The van der Waals surface area contributed by atoms with E-state index < -0.39 is 0 Å². The number of hydrogen-bond acceptors (Lipinski definition) is 5. The molecule has 144 valence electrons. The lowest BCUT2D eigenvalue weighted by molar-refractivity contribution is -0.126. The molecule has 0 fully saturated rings. The van der Waals surface area contributed by atoms with Crippen LogP contribution < -0.4 is 14.8 Å². The quantitative estimate of drug-likeness (QED) is 0.692. The van der Waals surface area contributed by atoms with E-state index in [4.69, 9.17) is 9.47 Å². The van der Waals surface area contributed by atoms with Gasteiger partial charge in [0.15, 0.2) is 0 Å². The molecule has 0 bridgehead atoms. The lowest BCUT2D eigenvalue weighted by Crippen LogP contribution is -2.38. The highest BCUT2D eigenvalue weighted by molar-refractivity contribution is 7.09. The van der Waals surface area contributed by atoms with Gasteiger partial charge in [-0.25, -0.2) is 4.98 Å². The van der Waals surface area contributed by atoms with Crippen LogP contribution in [0.25, 0.3) is 11.3 Å². The number of hydrogen-bond donors (Lipinski definition) is 1. The first-order chi connectivity index (χ1) is 13.7. The largest absolute Gasteiger partial charge is 0.497 e. The van der Waals surface area contributed by atoms with Gasteiger partial charge in [0.2, 0.25) is 5.91 Å². The molecule has 0 saturated carbocycles. The van der Waals surface area contributed by atoms with Crippen LogP contribution in [0.5, 0.6) is 11.5 Å². The Bertz CT molecular complexity index is 955. The molecule has 1 amide bonds. The summed E-state index contributed by atoms with van der Waals surface area (Å²) in [6, 6.07) is 15.8. The van der Waals surface area contributed by atoms with Gasteiger partial charge in [-0.05, 0) is 30.2 Å². The predicted octanol–water partition coefficient (Wildman–Crippen LogP) is 3.73. The Hall–Kier alpha value is -2.86. The normalized spacial score (nSPS) is 15.4. The molecule has 28 heavy (non-hydrogen) atoms. The van der Waals surface area contributed by atoms with Gasteiger partial charge < -0.3 is 14.8 Å². The summed E-state index contributed by atoms with van der Waals surface area (Å²) >= 11 is 1.63. The summed E-state index contributed by atoms with van der Waals surface area (Å²) in [5.41, 5.74) is 3.11. The van der Waals surface area contributed by atoms with E-state index in [1.54, 1.807) is 18.4 Å². The average molecular weight is 394 g/mol. The summed E-state index contributed by atoms with van der Waals surface area (Å²) < 4.78 is 11.0. The predicted molar refractivity (Wildman–Crippen MR) is 110 cm³/mol. The first-order valence-corrected chi connectivity index (χ1v) is 10.2. The van der Waals surface area contributed by atoms with Crippen molar-refractivity contribution < 1.29 is 14.3 Å². The molecular formula is C22H22N2O3S. The maximum Gasteiger partial charge on any atom is 0.226 e. The molecule has 0 saturated heterocycles. The molecule has 5 nitrogen and oxygen atoms in total. The SMILES string of the molecule is COc1ccc2c(c1)CC(C(=O)NCCc1nc(-c3ccccc3)cs1)CO2. The summed E-state index contributed by atoms with van der Waals surface area (Å²) in [5, 5.41) is 6.11. The van der Waals surface area contributed by atoms with E-state index in [9.17, 15) is 4.79 Å². The third kappa shape index (κ3) is 4.17. The second kappa shape index (κ2) is 8.44. The van der Waals surface area contributed by atoms with Gasteiger partial charge in [0.25, 0.3) is 0 Å². The zero-order valence-electron chi connectivity index (χ0n) is 15.7. The van der Waals surface area contributed by atoms with E-state index >= 15 is 0 Å². The topological polar surface area (TPSA) is 60.5 Å². The minimum Gasteiger partial charge on any atom is -0.497 e. The minimum absolute atomic E-state index is 0.0216. The molecule has 0 radical (unpaired) electrons. The smallest absolute Gasteiger partial charge is 0.226 e. The molecule has 0 aliphatic carbocycles. The number of methoxy groups -OCH3 is 1. The van der Waals surface area contributed by atoms with Gasteiger partial charge in [-0.3, -0.25) is 4.79 Å². The van der Waals surface area contributed by atoms with Crippen LogP contribution in [-0.4, -0.2) is 31.2 Å². The molecule has 6 heteroatoms. The van der Waals surface area contributed by atoms with Crippen LogP contribution >= 0.6 is 11.3 Å². The number of rotatable bonds is 6. The molecule has 2 aromatic carbocycles. The Kier molecular flexibility index (Phi) is 5.58. The molecule has 2 heterocycles. The zero-order chi connectivity index (χ0) is 19.3. The van der Waals surface area contributed by atoms with E-state index in [0.29, 0.717) is 19.6 Å². The number of ether oxygens (including phenoxy) is 2. The third-order valence-corrected chi connectivity index (χ3v) is 5.71. The molecule has 4 rings (SSSR count). The zero-order valence-corrected chi connectivity index (χ0v) is 16.5. The van der Waals surface area contributed by atoms with E-state index in [2.05, 4.69) is 27.8 Å². The lowest BCUT2D eigenvalue weighted by atomic mass is 9.96. The van der Waals surface area contributed by atoms with Crippen LogP contribution in [0, 0.1) is 5.92 Å². The monoisotopic (exact) mass is 394 g/mol.